The zero-order valence-electron chi connectivity index (χ0n) is 6.79. The molecule has 0 aliphatic carbocycles. The minimum absolute atomic E-state index is 0.415. The molecule has 0 radical (unpaired) electrons. The quantitative estimate of drug-likeness (QED) is 0.375. The Kier molecular flexibility index (Phi) is 3.03. The molecule has 0 saturated carbocycles. The van der Waals surface area contributed by atoms with Crippen LogP contribution in [0.4, 0.5) is 0 Å². The Hall–Kier alpha value is -0.200. The highest BCUT2D eigenvalue weighted by atomic mass is 16.6. The highest BCUT2D eigenvalue weighted by Crippen LogP contribution is 2.23. The summed E-state index contributed by atoms with van der Waals surface area (Å²) in [6, 6.07) is 0. The second-order valence-electron chi connectivity index (χ2n) is 3.09. The van der Waals surface area contributed by atoms with E-state index >= 15 is 0 Å². The summed E-state index contributed by atoms with van der Waals surface area (Å²) < 4.78 is 4.83. The Balaban J connectivity index is 2.63. The molecule has 1 aliphatic rings. The van der Waals surface area contributed by atoms with Gasteiger partial charge in [0, 0.05) is 5.92 Å². The number of hydrogen-bond donors (Lipinski definition) is 4. The van der Waals surface area contributed by atoms with E-state index in [1.165, 1.54) is 0 Å². The Morgan fingerprint density at radius 2 is 1.75 bits per heavy atom. The lowest BCUT2D eigenvalue weighted by molar-refractivity contribution is -0.266. The summed E-state index contributed by atoms with van der Waals surface area (Å²) in [5.74, 6) is -0.539. The van der Waals surface area contributed by atoms with E-state index in [1.807, 2.05) is 0 Å². The van der Waals surface area contributed by atoms with Crippen molar-refractivity contribution in [1.29, 1.82) is 0 Å². The van der Waals surface area contributed by atoms with Crippen LogP contribution in [0.5, 0.6) is 0 Å². The first-order chi connectivity index (χ1) is 5.57. The Morgan fingerprint density at radius 1 is 1.17 bits per heavy atom. The minimum atomic E-state index is -1.13. The van der Waals surface area contributed by atoms with Crippen LogP contribution in [0.1, 0.15) is 6.92 Å². The average Bonchev–Trinajstić information content (AvgIpc) is 2.08. The van der Waals surface area contributed by atoms with Crippen molar-refractivity contribution < 1.29 is 25.2 Å². The van der Waals surface area contributed by atoms with Crippen LogP contribution >= 0.6 is 0 Å². The lowest BCUT2D eigenvalue weighted by atomic mass is 9.93. The monoisotopic (exact) mass is 178 g/mol. The van der Waals surface area contributed by atoms with Crippen LogP contribution in [0.3, 0.4) is 0 Å². The van der Waals surface area contributed by atoms with E-state index in [0.717, 1.165) is 0 Å². The maximum atomic E-state index is 9.32. The van der Waals surface area contributed by atoms with E-state index in [-0.39, 0.29) is 0 Å². The van der Waals surface area contributed by atoms with Gasteiger partial charge in [-0.3, -0.25) is 0 Å². The van der Waals surface area contributed by atoms with Crippen molar-refractivity contribution in [2.45, 2.75) is 31.5 Å². The van der Waals surface area contributed by atoms with E-state index in [0.29, 0.717) is 0 Å². The summed E-state index contributed by atoms with van der Waals surface area (Å²) in [4.78, 5) is 0. The topological polar surface area (TPSA) is 90.2 Å². The molecular formula is C7H14O5. The molecule has 72 valence electrons. The molecule has 0 amide bonds. The minimum Gasteiger partial charge on any atom is -0.394 e. The first kappa shape index (κ1) is 9.88. The Labute approximate surface area is 70.2 Å². The average molecular weight is 178 g/mol. The van der Waals surface area contributed by atoms with Gasteiger partial charge in [0.25, 0.3) is 0 Å². The molecule has 1 aliphatic heterocycles. The van der Waals surface area contributed by atoms with Crippen molar-refractivity contribution in [3.8, 4) is 0 Å². The van der Waals surface area contributed by atoms with E-state index in [1.54, 1.807) is 6.92 Å². The third-order valence-corrected chi connectivity index (χ3v) is 2.21. The van der Waals surface area contributed by atoms with E-state index in [9.17, 15) is 10.2 Å². The van der Waals surface area contributed by atoms with Crippen LogP contribution in [-0.2, 0) is 4.74 Å². The predicted molar refractivity (Wildman–Crippen MR) is 39.1 cm³/mol. The van der Waals surface area contributed by atoms with Crippen LogP contribution < -0.4 is 0 Å². The fourth-order valence-corrected chi connectivity index (χ4v) is 1.23. The van der Waals surface area contributed by atoms with Gasteiger partial charge in [0.05, 0.1) is 12.7 Å². The summed E-state index contributed by atoms with van der Waals surface area (Å²) >= 11 is 0. The maximum Gasteiger partial charge on any atom is 0.160 e. The number of hydrogen-bond acceptors (Lipinski definition) is 5. The number of aliphatic hydroxyl groups excluding tert-OH is 4. The molecule has 0 aromatic carbocycles. The van der Waals surface area contributed by atoms with Crippen LogP contribution in [0, 0.1) is 5.92 Å². The van der Waals surface area contributed by atoms with Gasteiger partial charge in [-0.2, -0.15) is 0 Å². The van der Waals surface area contributed by atoms with Gasteiger partial charge in [-0.1, -0.05) is 6.92 Å². The summed E-state index contributed by atoms with van der Waals surface area (Å²) in [5, 5.41) is 36.4. The molecule has 0 aromatic rings. The first-order valence-corrected chi connectivity index (χ1v) is 3.88. The van der Waals surface area contributed by atoms with Gasteiger partial charge in [-0.05, 0) is 0 Å². The molecule has 0 aromatic heterocycles. The molecule has 4 N–H and O–H groups in total. The molecule has 3 unspecified atom stereocenters. The molecule has 1 fully saturated rings. The van der Waals surface area contributed by atoms with Gasteiger partial charge >= 0.3 is 0 Å². The van der Waals surface area contributed by atoms with Crippen LogP contribution in [-0.4, -0.2) is 51.6 Å². The van der Waals surface area contributed by atoms with Crippen molar-refractivity contribution in [1.82, 2.24) is 0 Å². The zero-order chi connectivity index (χ0) is 9.30. The van der Waals surface area contributed by atoms with E-state index in [2.05, 4.69) is 0 Å². The molecule has 0 spiro atoms. The molecule has 0 bridgehead atoms. The SMILES string of the molecule is CC1C(O)OC(CO)[C@@H](O)[C@@H]1O. The van der Waals surface area contributed by atoms with E-state index < -0.39 is 37.1 Å². The van der Waals surface area contributed by atoms with Gasteiger partial charge in [-0.25, -0.2) is 0 Å². The van der Waals surface area contributed by atoms with Crippen LogP contribution in [0.15, 0.2) is 0 Å². The standard InChI is InChI=1S/C7H14O5/c1-3-5(9)6(10)4(2-8)12-7(3)11/h3-11H,2H2,1H3/t3?,4?,5-,6-,7?/m1/s1. The highest BCUT2D eigenvalue weighted by molar-refractivity contribution is 4.86. The molecule has 5 nitrogen and oxygen atoms in total. The lowest BCUT2D eigenvalue weighted by Gasteiger charge is -2.38. The number of ether oxygens (including phenoxy) is 1. The van der Waals surface area contributed by atoms with Gasteiger partial charge in [0.1, 0.15) is 12.2 Å². The van der Waals surface area contributed by atoms with Gasteiger partial charge in [-0.15, -0.1) is 0 Å². The van der Waals surface area contributed by atoms with Crippen molar-refractivity contribution in [2.75, 3.05) is 6.61 Å². The molecule has 1 heterocycles. The molecule has 12 heavy (non-hydrogen) atoms. The summed E-state index contributed by atoms with van der Waals surface area (Å²) in [6.45, 7) is 1.15. The molecular weight excluding hydrogens is 164 g/mol. The second kappa shape index (κ2) is 3.68. The van der Waals surface area contributed by atoms with Crippen molar-refractivity contribution in [2.24, 2.45) is 5.92 Å². The van der Waals surface area contributed by atoms with Gasteiger partial charge in [0.2, 0.25) is 0 Å². The predicted octanol–water partition coefficient (Wildman–Crippen LogP) is -1.95. The third kappa shape index (κ3) is 1.60. The third-order valence-electron chi connectivity index (χ3n) is 2.21. The van der Waals surface area contributed by atoms with Gasteiger partial charge < -0.3 is 25.2 Å². The molecule has 1 saturated heterocycles. The van der Waals surface area contributed by atoms with Crippen molar-refractivity contribution in [3.05, 3.63) is 0 Å². The number of aliphatic hydroxyl groups is 4. The van der Waals surface area contributed by atoms with Crippen LogP contribution in [0.25, 0.3) is 0 Å². The summed E-state index contributed by atoms with van der Waals surface area (Å²) in [7, 11) is 0. The van der Waals surface area contributed by atoms with Crippen molar-refractivity contribution >= 4 is 0 Å². The van der Waals surface area contributed by atoms with Gasteiger partial charge in [0.15, 0.2) is 6.29 Å². The molecule has 5 heteroatoms. The Bertz CT molecular complexity index is 146. The Morgan fingerprint density at radius 3 is 2.25 bits per heavy atom. The maximum absolute atomic E-state index is 9.32. The smallest absolute Gasteiger partial charge is 0.160 e. The fourth-order valence-electron chi connectivity index (χ4n) is 1.23. The normalized spacial score (nSPS) is 49.2. The fraction of sp³-hybridized carbons (Fsp3) is 1.00. The number of rotatable bonds is 1. The first-order valence-electron chi connectivity index (χ1n) is 3.88. The molecule has 1 rings (SSSR count). The van der Waals surface area contributed by atoms with E-state index in [4.69, 9.17) is 14.9 Å². The van der Waals surface area contributed by atoms with Crippen molar-refractivity contribution in [3.63, 3.8) is 0 Å². The molecule has 5 atom stereocenters. The summed E-state index contributed by atoms with van der Waals surface area (Å²) in [6.07, 6.45) is -4.20. The second-order valence-corrected chi connectivity index (χ2v) is 3.09. The lowest BCUT2D eigenvalue weighted by Crippen LogP contribution is -2.54. The van der Waals surface area contributed by atoms with Crippen LogP contribution in [0.2, 0.25) is 0 Å². The highest BCUT2D eigenvalue weighted by Gasteiger charge is 2.40. The summed E-state index contributed by atoms with van der Waals surface area (Å²) in [5.41, 5.74) is 0. The zero-order valence-corrected chi connectivity index (χ0v) is 6.79. The largest absolute Gasteiger partial charge is 0.394 e.